The molecule has 8 aromatic rings. The van der Waals surface area contributed by atoms with Gasteiger partial charge >= 0.3 is 0 Å². The zero-order valence-corrected chi connectivity index (χ0v) is 21.0. The molecule has 6 aromatic carbocycles. The van der Waals surface area contributed by atoms with E-state index in [1.807, 2.05) is 11.3 Å². The Morgan fingerprint density at radius 1 is 0.486 bits per heavy atom. The lowest BCUT2D eigenvalue weighted by atomic mass is 9.98. The van der Waals surface area contributed by atoms with Crippen LogP contribution in [0, 0.1) is 0 Å². The summed E-state index contributed by atoms with van der Waals surface area (Å²) in [5.74, 6) is 0. The van der Waals surface area contributed by atoms with E-state index in [1.165, 1.54) is 69.2 Å². The number of benzene rings is 6. The Kier molecular flexibility index (Phi) is 4.02. The second-order valence-electron chi connectivity index (χ2n) is 9.06. The third-order valence-corrected chi connectivity index (χ3v) is 8.98. The van der Waals surface area contributed by atoms with Gasteiger partial charge in [0.2, 0.25) is 0 Å². The zero-order chi connectivity index (χ0) is 23.1. The van der Waals surface area contributed by atoms with Crippen LogP contribution in [0.4, 0.5) is 0 Å². The number of hydrogen-bond donors (Lipinski definition) is 0. The Balaban J connectivity index is 1.61. The molecule has 2 aromatic heterocycles. The number of para-hydroxylation sites is 2. The van der Waals surface area contributed by atoms with Crippen LogP contribution >= 0.6 is 27.3 Å². The Morgan fingerprint density at radius 2 is 0.943 bits per heavy atom. The summed E-state index contributed by atoms with van der Waals surface area (Å²) in [6.45, 7) is 0. The molecular formula is C32H18BrNS. The van der Waals surface area contributed by atoms with Gasteiger partial charge in [0.1, 0.15) is 0 Å². The number of hydrogen-bond acceptors (Lipinski definition) is 1. The van der Waals surface area contributed by atoms with E-state index in [4.69, 9.17) is 0 Å². The summed E-state index contributed by atoms with van der Waals surface area (Å²) in [5, 5.41) is 10.4. The van der Waals surface area contributed by atoms with Crippen molar-refractivity contribution in [3.8, 4) is 5.69 Å². The predicted molar refractivity (Wildman–Crippen MR) is 156 cm³/mol. The average Bonchev–Trinajstić information content (AvgIpc) is 3.44. The fourth-order valence-corrected chi connectivity index (χ4v) is 7.74. The highest BCUT2D eigenvalue weighted by Gasteiger charge is 2.19. The van der Waals surface area contributed by atoms with E-state index < -0.39 is 0 Å². The largest absolute Gasteiger partial charge is 0.309 e. The van der Waals surface area contributed by atoms with E-state index in [1.54, 1.807) is 0 Å². The molecule has 0 fully saturated rings. The summed E-state index contributed by atoms with van der Waals surface area (Å²) in [6.07, 6.45) is 0. The van der Waals surface area contributed by atoms with Crippen LogP contribution < -0.4 is 0 Å². The van der Waals surface area contributed by atoms with E-state index in [2.05, 4.69) is 130 Å². The number of fused-ring (bicyclic) bond motifs is 10. The topological polar surface area (TPSA) is 4.93 Å². The van der Waals surface area contributed by atoms with E-state index in [-0.39, 0.29) is 0 Å². The van der Waals surface area contributed by atoms with Crippen LogP contribution in [0.25, 0.3) is 69.2 Å². The first-order valence-corrected chi connectivity index (χ1v) is 13.3. The molecule has 0 N–H and O–H groups in total. The molecule has 0 atom stereocenters. The molecule has 35 heavy (non-hydrogen) atoms. The average molecular weight is 528 g/mol. The summed E-state index contributed by atoms with van der Waals surface area (Å²) in [5.41, 5.74) is 3.72. The number of rotatable bonds is 1. The molecule has 3 heteroatoms. The van der Waals surface area contributed by atoms with Gasteiger partial charge in [0.25, 0.3) is 0 Å². The van der Waals surface area contributed by atoms with Gasteiger partial charge in [0.15, 0.2) is 0 Å². The maximum absolute atomic E-state index is 3.83. The SMILES string of the molecule is Brc1cc2sc3cc(-n4c5ccccc5c5ccccc54)c4ccccc4c3c2c2ccccc12. The fraction of sp³-hybridized carbons (Fsp3) is 0. The highest BCUT2D eigenvalue weighted by atomic mass is 79.9. The second kappa shape index (κ2) is 7.17. The van der Waals surface area contributed by atoms with Crippen molar-refractivity contribution in [3.05, 3.63) is 114 Å². The van der Waals surface area contributed by atoms with Gasteiger partial charge in [-0.25, -0.2) is 0 Å². The minimum atomic E-state index is 1.15. The molecule has 164 valence electrons. The first-order valence-electron chi connectivity index (χ1n) is 11.7. The van der Waals surface area contributed by atoms with Crippen molar-refractivity contribution in [2.75, 3.05) is 0 Å². The first-order chi connectivity index (χ1) is 17.3. The maximum Gasteiger partial charge on any atom is 0.0555 e. The molecule has 0 aliphatic rings. The second-order valence-corrected chi connectivity index (χ2v) is 11.0. The lowest BCUT2D eigenvalue weighted by Gasteiger charge is -2.13. The normalized spacial score (nSPS) is 12.1. The smallest absolute Gasteiger partial charge is 0.0555 e. The van der Waals surface area contributed by atoms with Gasteiger partial charge in [0, 0.05) is 40.8 Å². The zero-order valence-electron chi connectivity index (χ0n) is 18.6. The van der Waals surface area contributed by atoms with Crippen molar-refractivity contribution in [1.82, 2.24) is 4.57 Å². The van der Waals surface area contributed by atoms with Crippen LogP contribution in [0.5, 0.6) is 0 Å². The summed E-state index contributed by atoms with van der Waals surface area (Å²) < 4.78 is 6.23. The highest BCUT2D eigenvalue weighted by Crippen LogP contribution is 2.46. The number of aromatic nitrogens is 1. The van der Waals surface area contributed by atoms with Gasteiger partial charge in [-0.1, -0.05) is 101 Å². The Bertz CT molecular complexity index is 2080. The molecule has 0 saturated heterocycles. The van der Waals surface area contributed by atoms with Crippen molar-refractivity contribution in [2.24, 2.45) is 0 Å². The summed E-state index contributed by atoms with van der Waals surface area (Å²) in [7, 11) is 0. The molecular weight excluding hydrogens is 510 g/mol. The standard InChI is InChI=1S/C32H18BrNS/c33-25-17-29-31(23-13-3-1-9-19(23)25)32-24-14-4-2-12-22(24)28(18-30(32)35-29)34-26-15-7-5-10-20(26)21-11-6-8-16-27(21)34/h1-18H. The van der Waals surface area contributed by atoms with E-state index in [9.17, 15) is 0 Å². The third kappa shape index (κ3) is 2.63. The van der Waals surface area contributed by atoms with Crippen molar-refractivity contribution in [3.63, 3.8) is 0 Å². The van der Waals surface area contributed by atoms with Crippen LogP contribution in [0.2, 0.25) is 0 Å². The third-order valence-electron chi connectivity index (χ3n) is 7.24. The van der Waals surface area contributed by atoms with Gasteiger partial charge < -0.3 is 4.57 Å². The van der Waals surface area contributed by atoms with E-state index >= 15 is 0 Å². The molecule has 0 saturated carbocycles. The molecule has 0 aliphatic carbocycles. The number of halogens is 1. The minimum absolute atomic E-state index is 1.15. The number of thiophene rings is 1. The maximum atomic E-state index is 3.83. The van der Waals surface area contributed by atoms with E-state index in [0.29, 0.717) is 0 Å². The Morgan fingerprint density at radius 3 is 1.57 bits per heavy atom. The van der Waals surface area contributed by atoms with Crippen molar-refractivity contribution in [1.29, 1.82) is 0 Å². The van der Waals surface area contributed by atoms with Crippen LogP contribution in [0.3, 0.4) is 0 Å². The molecule has 1 nitrogen and oxygen atoms in total. The lowest BCUT2D eigenvalue weighted by Crippen LogP contribution is -1.95. The summed E-state index contributed by atoms with van der Waals surface area (Å²) in [6, 6.07) is 39.8. The molecule has 2 heterocycles. The van der Waals surface area contributed by atoms with Crippen LogP contribution in [-0.2, 0) is 0 Å². The molecule has 0 amide bonds. The van der Waals surface area contributed by atoms with Gasteiger partial charge in [-0.15, -0.1) is 11.3 Å². The fourth-order valence-electron chi connectivity index (χ4n) is 5.80. The van der Waals surface area contributed by atoms with Crippen molar-refractivity contribution < 1.29 is 0 Å². The predicted octanol–water partition coefficient (Wildman–Crippen LogP) is 10.2. The van der Waals surface area contributed by atoms with Crippen molar-refractivity contribution >= 4 is 90.8 Å². The van der Waals surface area contributed by atoms with Gasteiger partial charge in [-0.2, -0.15) is 0 Å². The van der Waals surface area contributed by atoms with Crippen molar-refractivity contribution in [2.45, 2.75) is 0 Å². The van der Waals surface area contributed by atoms with E-state index in [0.717, 1.165) is 4.47 Å². The molecule has 0 bridgehead atoms. The van der Waals surface area contributed by atoms with Crippen LogP contribution in [-0.4, -0.2) is 4.57 Å². The molecule has 0 spiro atoms. The molecule has 0 unspecified atom stereocenters. The molecule has 8 rings (SSSR count). The van der Waals surface area contributed by atoms with Gasteiger partial charge in [0.05, 0.1) is 16.7 Å². The van der Waals surface area contributed by atoms with Gasteiger partial charge in [-0.3, -0.25) is 0 Å². The summed E-state index contributed by atoms with van der Waals surface area (Å²) in [4.78, 5) is 0. The molecule has 0 aliphatic heterocycles. The highest BCUT2D eigenvalue weighted by molar-refractivity contribution is 9.10. The first kappa shape index (κ1) is 19.6. The number of nitrogens with zero attached hydrogens (tertiary/aromatic N) is 1. The van der Waals surface area contributed by atoms with Gasteiger partial charge in [-0.05, 0) is 40.4 Å². The van der Waals surface area contributed by atoms with Crippen LogP contribution in [0.1, 0.15) is 0 Å². The minimum Gasteiger partial charge on any atom is -0.309 e. The van der Waals surface area contributed by atoms with Crippen LogP contribution in [0.15, 0.2) is 114 Å². The Labute approximate surface area is 214 Å². The Hall–Kier alpha value is -3.66. The lowest BCUT2D eigenvalue weighted by molar-refractivity contribution is 1.20. The summed E-state index contributed by atoms with van der Waals surface area (Å²) >= 11 is 5.71. The monoisotopic (exact) mass is 527 g/mol. The molecule has 0 radical (unpaired) electrons. The quantitative estimate of drug-likeness (QED) is 0.200.